The number of hydrogen-bond donors (Lipinski definition) is 3. The van der Waals surface area contributed by atoms with Gasteiger partial charge in [0.1, 0.15) is 12.1 Å². The lowest BCUT2D eigenvalue weighted by Gasteiger charge is -2.48. The number of aromatic amines is 1. The zero-order valence-corrected chi connectivity index (χ0v) is 24.2. The average Bonchev–Trinajstić information content (AvgIpc) is 3.70. The summed E-state index contributed by atoms with van der Waals surface area (Å²) in [4.78, 5) is 50.2. The number of carbonyl (C=O) groups is 3. The van der Waals surface area contributed by atoms with Crippen LogP contribution in [0.1, 0.15) is 36.5 Å². The molecule has 0 spiro atoms. The molecule has 0 saturated carbocycles. The number of rotatable bonds is 4. The van der Waals surface area contributed by atoms with E-state index >= 15 is 0 Å². The maximum Gasteiger partial charge on any atom is 0.280 e. The van der Waals surface area contributed by atoms with Crippen LogP contribution in [0.4, 0.5) is 0 Å². The van der Waals surface area contributed by atoms with Crippen molar-refractivity contribution in [2.75, 3.05) is 20.1 Å². The minimum absolute atomic E-state index is 0.144. The van der Waals surface area contributed by atoms with Gasteiger partial charge in [-0.2, -0.15) is 0 Å². The van der Waals surface area contributed by atoms with Gasteiger partial charge in [0, 0.05) is 42.7 Å². The number of carbonyl (C=O) groups excluding carboxylic acids is 3. The standard InChI is InChI=1S/C33H35N5O5/c1-32(35-29(39)21-15-23-22-10-6-11-24-28(22)20(17-34-24)16-25(23)36(2)18-21)31(41)38-26(14-19-8-4-3-5-9-19)30(40)37-13-7-12-27(37)33(38,42)43-32/h3-6,8-11,15,17,21,25-27,34,42H,7,12-14,16,18H2,1-2H3,(H,35,39)/t21-,25-,26+,27?,32-,33+/m1/s1. The maximum atomic E-state index is 14.2. The largest absolute Gasteiger partial charge is 0.361 e. The quantitative estimate of drug-likeness (QED) is 0.434. The van der Waals surface area contributed by atoms with Crippen LogP contribution in [0.15, 0.2) is 60.8 Å². The first-order valence-corrected chi connectivity index (χ1v) is 15.1. The molecule has 8 rings (SSSR count). The van der Waals surface area contributed by atoms with E-state index in [1.54, 1.807) is 4.90 Å². The van der Waals surface area contributed by atoms with E-state index in [2.05, 4.69) is 33.5 Å². The van der Waals surface area contributed by atoms with Gasteiger partial charge in [-0.15, -0.1) is 0 Å². The molecule has 1 aliphatic carbocycles. The molecule has 5 heterocycles. The Labute approximate surface area is 249 Å². The smallest absolute Gasteiger partial charge is 0.280 e. The fourth-order valence-corrected chi connectivity index (χ4v) is 8.12. The number of amides is 3. The average molecular weight is 582 g/mol. The monoisotopic (exact) mass is 581 g/mol. The number of ether oxygens (including phenoxy) is 1. The fraction of sp³-hybridized carbons (Fsp3) is 0.424. The number of hydrogen-bond acceptors (Lipinski definition) is 6. The number of nitrogens with zero attached hydrogens (tertiary/aromatic N) is 3. The van der Waals surface area contributed by atoms with Crippen LogP contribution in [0, 0.1) is 5.92 Å². The third-order valence-electron chi connectivity index (χ3n) is 10.1. The highest BCUT2D eigenvalue weighted by Crippen LogP contribution is 2.46. The molecule has 3 aromatic rings. The van der Waals surface area contributed by atoms with Crippen LogP contribution < -0.4 is 5.32 Å². The van der Waals surface area contributed by atoms with Gasteiger partial charge in [-0.3, -0.25) is 28.9 Å². The van der Waals surface area contributed by atoms with E-state index in [1.807, 2.05) is 49.5 Å². The highest BCUT2D eigenvalue weighted by molar-refractivity contribution is 6.00. The topological polar surface area (TPSA) is 118 Å². The Morgan fingerprint density at radius 3 is 2.79 bits per heavy atom. The summed E-state index contributed by atoms with van der Waals surface area (Å²) in [6.45, 7) is 2.45. The van der Waals surface area contributed by atoms with Gasteiger partial charge in [0.2, 0.25) is 17.5 Å². The summed E-state index contributed by atoms with van der Waals surface area (Å²) in [5.74, 6) is -3.77. The second kappa shape index (κ2) is 9.25. The Hall–Kier alpha value is -3.99. The molecule has 0 radical (unpaired) electrons. The van der Waals surface area contributed by atoms with Crippen molar-refractivity contribution in [1.29, 1.82) is 0 Å². The molecule has 222 valence electrons. The number of likely N-dealkylation sites (N-methyl/N-ethyl adjacent to an activating group) is 1. The Bertz CT molecular complexity index is 1700. The molecule has 1 aromatic heterocycles. The molecule has 10 heteroatoms. The first-order valence-electron chi connectivity index (χ1n) is 15.1. The lowest BCUT2D eigenvalue weighted by Crippen LogP contribution is -2.71. The summed E-state index contributed by atoms with van der Waals surface area (Å²) in [7, 11) is 2.02. The molecule has 3 fully saturated rings. The molecular formula is C33H35N5O5. The van der Waals surface area contributed by atoms with Crippen LogP contribution in [-0.2, 0) is 32.0 Å². The zero-order valence-electron chi connectivity index (χ0n) is 24.2. The molecule has 3 saturated heterocycles. The maximum absolute atomic E-state index is 14.2. The van der Waals surface area contributed by atoms with Crippen molar-refractivity contribution >= 4 is 34.2 Å². The minimum Gasteiger partial charge on any atom is -0.361 e. The predicted molar refractivity (Wildman–Crippen MR) is 158 cm³/mol. The lowest BCUT2D eigenvalue weighted by atomic mass is 9.79. The van der Waals surface area contributed by atoms with Crippen molar-refractivity contribution in [2.45, 2.75) is 62.4 Å². The SMILES string of the molecule is CN1C[C@H](C(=O)N[C@]2(C)O[C@@]3(O)C4CCCN4C(=O)[C@H](Cc4ccccc4)N3C2=O)C=C2c3cccc4[nH]cc(c34)C[C@H]21. The van der Waals surface area contributed by atoms with E-state index < -0.39 is 35.5 Å². The number of aromatic nitrogens is 1. The Morgan fingerprint density at radius 2 is 1.98 bits per heavy atom. The second-order valence-electron chi connectivity index (χ2n) is 12.8. The van der Waals surface area contributed by atoms with E-state index in [1.165, 1.54) is 22.8 Å². The van der Waals surface area contributed by atoms with Crippen molar-refractivity contribution in [3.8, 4) is 0 Å². The Balaban J connectivity index is 1.11. The summed E-state index contributed by atoms with van der Waals surface area (Å²) in [6, 6.07) is 14.1. The van der Waals surface area contributed by atoms with Gasteiger partial charge in [-0.05, 0) is 61.6 Å². The van der Waals surface area contributed by atoms with Crippen LogP contribution in [0.5, 0.6) is 0 Å². The summed E-state index contributed by atoms with van der Waals surface area (Å²) < 4.78 is 6.23. The molecule has 43 heavy (non-hydrogen) atoms. The first kappa shape index (κ1) is 26.6. The number of fused-ring (bicyclic) bond motifs is 5. The van der Waals surface area contributed by atoms with Gasteiger partial charge in [0.25, 0.3) is 11.8 Å². The zero-order chi connectivity index (χ0) is 29.7. The lowest BCUT2D eigenvalue weighted by molar-refractivity contribution is -0.315. The van der Waals surface area contributed by atoms with Gasteiger partial charge in [0.05, 0.1) is 5.92 Å². The van der Waals surface area contributed by atoms with E-state index in [0.29, 0.717) is 25.9 Å². The Kier molecular flexibility index (Phi) is 5.73. The van der Waals surface area contributed by atoms with Crippen LogP contribution in [0.25, 0.3) is 16.5 Å². The van der Waals surface area contributed by atoms with Gasteiger partial charge in [0.15, 0.2) is 0 Å². The number of nitrogens with one attached hydrogen (secondary N) is 2. The summed E-state index contributed by atoms with van der Waals surface area (Å²) >= 11 is 0. The first-order chi connectivity index (χ1) is 20.7. The molecular weight excluding hydrogens is 546 g/mol. The molecule has 1 unspecified atom stereocenters. The third kappa shape index (κ3) is 3.79. The van der Waals surface area contributed by atoms with Crippen molar-refractivity contribution < 1.29 is 24.2 Å². The summed E-state index contributed by atoms with van der Waals surface area (Å²) in [5.41, 5.74) is 3.58. The van der Waals surface area contributed by atoms with Crippen molar-refractivity contribution in [3.05, 3.63) is 77.5 Å². The van der Waals surface area contributed by atoms with E-state index in [4.69, 9.17) is 4.74 Å². The van der Waals surface area contributed by atoms with E-state index in [0.717, 1.165) is 28.6 Å². The summed E-state index contributed by atoms with van der Waals surface area (Å²) in [6.07, 6.45) is 6.38. The Morgan fingerprint density at radius 1 is 1.16 bits per heavy atom. The molecule has 5 aliphatic rings. The molecule has 3 amide bonds. The minimum atomic E-state index is -2.04. The molecule has 10 nitrogen and oxygen atoms in total. The molecule has 6 atom stereocenters. The van der Waals surface area contributed by atoms with Crippen molar-refractivity contribution in [3.63, 3.8) is 0 Å². The fourth-order valence-electron chi connectivity index (χ4n) is 8.12. The number of benzene rings is 2. The van der Waals surface area contributed by atoms with Gasteiger partial charge in [-0.25, -0.2) is 0 Å². The van der Waals surface area contributed by atoms with Crippen molar-refractivity contribution in [1.82, 2.24) is 25.0 Å². The number of aliphatic hydroxyl groups is 1. The molecule has 4 aliphatic heterocycles. The highest BCUT2D eigenvalue weighted by Gasteiger charge is 2.70. The van der Waals surface area contributed by atoms with E-state index in [9.17, 15) is 19.5 Å². The van der Waals surface area contributed by atoms with Crippen LogP contribution in [0.2, 0.25) is 0 Å². The number of piperazine rings is 1. The molecule has 2 aromatic carbocycles. The van der Waals surface area contributed by atoms with Gasteiger partial charge in [-0.1, -0.05) is 48.5 Å². The van der Waals surface area contributed by atoms with Crippen LogP contribution in [-0.4, -0.2) is 92.4 Å². The normalized spacial score (nSPS) is 33.3. The highest BCUT2D eigenvalue weighted by atomic mass is 16.7. The third-order valence-corrected chi connectivity index (χ3v) is 10.1. The molecule has 3 N–H and O–H groups in total. The van der Waals surface area contributed by atoms with Gasteiger partial charge >= 0.3 is 0 Å². The molecule has 0 bridgehead atoms. The van der Waals surface area contributed by atoms with Gasteiger partial charge < -0.3 is 20.3 Å². The van der Waals surface area contributed by atoms with E-state index in [-0.39, 0.29) is 24.3 Å². The van der Waals surface area contributed by atoms with Crippen molar-refractivity contribution in [2.24, 2.45) is 5.92 Å². The predicted octanol–water partition coefficient (Wildman–Crippen LogP) is 1.99. The second-order valence-corrected chi connectivity index (χ2v) is 12.8. The number of H-pyrrole nitrogens is 1. The van der Waals surface area contributed by atoms with Crippen LogP contribution in [0.3, 0.4) is 0 Å². The summed E-state index contributed by atoms with van der Waals surface area (Å²) in [5, 5.41) is 16.1. The van der Waals surface area contributed by atoms with Crippen LogP contribution >= 0.6 is 0 Å².